The lowest BCUT2D eigenvalue weighted by atomic mass is 9.57. The number of carbonyl (C=O) groups is 4. The van der Waals surface area contributed by atoms with Gasteiger partial charge in [0.2, 0.25) is 23.6 Å². The van der Waals surface area contributed by atoms with Crippen LogP contribution in [0.3, 0.4) is 0 Å². The van der Waals surface area contributed by atoms with E-state index in [1.807, 2.05) is 0 Å². The van der Waals surface area contributed by atoms with Crippen molar-refractivity contribution < 1.29 is 77.0 Å². The summed E-state index contributed by atoms with van der Waals surface area (Å²) in [6.07, 6.45) is -21.0. The second-order valence-corrected chi connectivity index (χ2v) is 14.2. The molecule has 20 heteroatoms. The Hall–Kier alpha value is -5.07. The van der Waals surface area contributed by atoms with E-state index in [1.54, 1.807) is 0 Å². The van der Waals surface area contributed by atoms with E-state index >= 15 is 0 Å². The van der Waals surface area contributed by atoms with Gasteiger partial charge in [0.15, 0.2) is 0 Å². The van der Waals surface area contributed by atoms with Gasteiger partial charge >= 0.3 is 24.7 Å². The van der Waals surface area contributed by atoms with Crippen LogP contribution in [0.2, 0.25) is 5.02 Å². The third kappa shape index (κ3) is 6.36. The maximum atomic E-state index is 14.2. The number of halogens is 13. The van der Waals surface area contributed by atoms with Crippen molar-refractivity contribution >= 4 is 46.6 Å². The fraction of sp³-hybridized carbons (Fsp3) is 0.333. The van der Waals surface area contributed by atoms with Gasteiger partial charge in [-0.05, 0) is 72.9 Å². The van der Waals surface area contributed by atoms with E-state index in [4.69, 9.17) is 11.6 Å². The predicted octanol–water partition coefficient (Wildman–Crippen LogP) is 9.17. The number of aromatic hydroxyl groups is 1. The lowest BCUT2D eigenvalue weighted by Crippen LogP contribution is -2.43. The summed E-state index contributed by atoms with van der Waals surface area (Å²) in [5.74, 6) is -14.2. The molecular weight excluding hydrogens is 804 g/mol. The summed E-state index contributed by atoms with van der Waals surface area (Å²) in [6.45, 7) is 0. The molecule has 7 rings (SSSR count). The van der Waals surface area contributed by atoms with Crippen molar-refractivity contribution in [2.24, 2.45) is 29.6 Å². The number of anilines is 2. The minimum atomic E-state index is -5.37. The van der Waals surface area contributed by atoms with Crippen LogP contribution < -0.4 is 9.80 Å². The molecule has 3 fully saturated rings. The lowest BCUT2D eigenvalue weighted by Gasteiger charge is -2.44. The van der Waals surface area contributed by atoms with E-state index in [-0.39, 0.29) is 74.5 Å². The summed E-state index contributed by atoms with van der Waals surface area (Å²) in [6, 6.07) is 3.68. The number of imide groups is 2. The first kappa shape index (κ1) is 39.2. The molecule has 1 saturated carbocycles. The number of phenols is 1. The fourth-order valence-electron chi connectivity index (χ4n) is 8.35. The minimum absolute atomic E-state index is 0.0122. The first-order chi connectivity index (χ1) is 25.8. The third-order valence-corrected chi connectivity index (χ3v) is 11.0. The van der Waals surface area contributed by atoms with Gasteiger partial charge in [-0.2, -0.15) is 52.7 Å². The Morgan fingerprint density at radius 3 is 1.41 bits per heavy atom. The van der Waals surface area contributed by atoms with Crippen LogP contribution in [0.15, 0.2) is 66.2 Å². The van der Waals surface area contributed by atoms with Crippen LogP contribution in [0.1, 0.15) is 46.6 Å². The van der Waals surface area contributed by atoms with E-state index < -0.39 is 124 Å². The average Bonchev–Trinajstić information content (AvgIpc) is 3.49. The van der Waals surface area contributed by atoms with Gasteiger partial charge in [0.05, 0.1) is 57.3 Å². The number of benzene rings is 3. The molecule has 1 N–H and O–H groups in total. The highest BCUT2D eigenvalue weighted by Crippen LogP contribution is 2.60. The zero-order valence-corrected chi connectivity index (χ0v) is 28.3. The van der Waals surface area contributed by atoms with Crippen molar-refractivity contribution in [2.75, 3.05) is 9.80 Å². The van der Waals surface area contributed by atoms with E-state index in [0.29, 0.717) is 0 Å². The number of phenolic OH excluding ortho intramolecular Hbond substituents is 1. The average molecular weight is 825 g/mol. The van der Waals surface area contributed by atoms with Crippen molar-refractivity contribution in [3.05, 3.63) is 99.1 Å². The number of carbonyl (C=O) groups excluding carboxylic acids is 4. The number of allylic oxidation sites excluding steroid dienone is 2. The van der Waals surface area contributed by atoms with Crippen molar-refractivity contribution in [3.63, 3.8) is 0 Å². The molecule has 0 aromatic heterocycles. The van der Waals surface area contributed by atoms with Crippen LogP contribution in [0.5, 0.6) is 5.75 Å². The van der Waals surface area contributed by atoms with Gasteiger partial charge in [-0.1, -0.05) is 29.3 Å². The Kier molecular flexibility index (Phi) is 8.90. The molecular formula is C36H21ClF12N2O5. The highest BCUT2D eigenvalue weighted by molar-refractivity contribution is 6.32. The maximum Gasteiger partial charge on any atom is 0.416 e. The summed E-state index contributed by atoms with van der Waals surface area (Å²) in [7, 11) is 0. The number of hydrogen-bond acceptors (Lipinski definition) is 5. The third-order valence-electron chi connectivity index (χ3n) is 10.6. The quantitative estimate of drug-likeness (QED) is 0.162. The molecule has 2 aliphatic heterocycles. The second-order valence-electron chi connectivity index (χ2n) is 13.8. The monoisotopic (exact) mass is 824 g/mol. The SMILES string of the molecule is O=C1[C@H]2[C@H](CC=C3[C@H]2C[C@H]2C(=O)N(c4cc(C(F)(F)F)cc(C(F)(F)F)c4)C(=O)[C@H]2[C@H]3c2ccc(O)cc2Cl)C(=O)N1c1cc(C(F)(F)F)cc(C(F)(F)F)c1. The minimum Gasteiger partial charge on any atom is -0.508 e. The molecule has 3 aromatic rings. The summed E-state index contributed by atoms with van der Waals surface area (Å²) in [5.41, 5.74) is -9.29. The number of amides is 4. The van der Waals surface area contributed by atoms with E-state index in [0.717, 1.165) is 12.1 Å². The number of nitrogens with zero attached hydrogens (tertiary/aromatic N) is 2. The van der Waals surface area contributed by atoms with Gasteiger partial charge in [-0.15, -0.1) is 0 Å². The smallest absolute Gasteiger partial charge is 0.416 e. The normalized spacial score (nSPS) is 25.7. The Morgan fingerprint density at radius 2 is 0.982 bits per heavy atom. The second kappa shape index (κ2) is 12.7. The van der Waals surface area contributed by atoms with Crippen LogP contribution in [-0.2, 0) is 43.9 Å². The number of alkyl halides is 12. The van der Waals surface area contributed by atoms with E-state index in [1.165, 1.54) is 12.1 Å². The molecule has 0 bridgehead atoms. The van der Waals surface area contributed by atoms with Crippen LogP contribution in [-0.4, -0.2) is 28.7 Å². The summed E-state index contributed by atoms with van der Waals surface area (Å²) < 4.78 is 165. The summed E-state index contributed by atoms with van der Waals surface area (Å²) in [4.78, 5) is 56.6. The summed E-state index contributed by atoms with van der Waals surface area (Å²) in [5, 5.41) is 9.82. The molecule has 2 heterocycles. The molecule has 4 amide bonds. The standard InChI is InChI=1S/C36H21ClF12N2O5/c37-25-11-19(52)1-2-21(25)26-20-3-4-22-27(31(55)50(29(22)53)17-7-13(33(38,39)40)5-14(8-17)34(41,42)43)23(20)12-24-28(26)32(56)51(30(24)54)18-9-15(35(44,45)46)6-16(10-18)36(47,48)49/h1-3,5-11,22-24,26-28,52H,4,12H2/t22-,23+,24+,26+,27-,28+/m0/s1. The molecule has 7 nitrogen and oxygen atoms in total. The molecule has 0 spiro atoms. The Labute approximate surface area is 311 Å². The van der Waals surface area contributed by atoms with Crippen molar-refractivity contribution in [1.29, 1.82) is 0 Å². The van der Waals surface area contributed by atoms with Crippen LogP contribution in [0.4, 0.5) is 64.1 Å². The fourth-order valence-corrected chi connectivity index (χ4v) is 8.64. The van der Waals surface area contributed by atoms with Crippen molar-refractivity contribution in [2.45, 2.75) is 43.5 Å². The van der Waals surface area contributed by atoms with Crippen molar-refractivity contribution in [3.8, 4) is 5.75 Å². The number of hydrogen-bond donors (Lipinski definition) is 1. The molecule has 2 saturated heterocycles. The number of rotatable bonds is 3. The van der Waals surface area contributed by atoms with Crippen LogP contribution in [0.25, 0.3) is 0 Å². The zero-order valence-electron chi connectivity index (χ0n) is 27.5. The highest BCUT2D eigenvalue weighted by atomic mass is 35.5. The molecule has 0 unspecified atom stereocenters. The Bertz CT molecular complexity index is 2180. The van der Waals surface area contributed by atoms with Gasteiger partial charge in [0.1, 0.15) is 5.75 Å². The molecule has 6 atom stereocenters. The number of fused-ring (bicyclic) bond motifs is 4. The first-order valence-electron chi connectivity index (χ1n) is 16.3. The molecule has 56 heavy (non-hydrogen) atoms. The van der Waals surface area contributed by atoms with Gasteiger partial charge in [-0.25, -0.2) is 9.80 Å². The topological polar surface area (TPSA) is 95.0 Å². The maximum absolute atomic E-state index is 14.2. The van der Waals surface area contributed by atoms with E-state index in [9.17, 15) is 77.0 Å². The largest absolute Gasteiger partial charge is 0.508 e. The zero-order chi connectivity index (χ0) is 41.2. The molecule has 0 radical (unpaired) electrons. The van der Waals surface area contributed by atoms with Gasteiger partial charge < -0.3 is 5.11 Å². The van der Waals surface area contributed by atoms with Gasteiger partial charge in [0.25, 0.3) is 0 Å². The van der Waals surface area contributed by atoms with Gasteiger partial charge in [0, 0.05) is 10.9 Å². The Balaban J connectivity index is 1.35. The Morgan fingerprint density at radius 1 is 0.554 bits per heavy atom. The lowest BCUT2D eigenvalue weighted by molar-refractivity contribution is -0.144. The first-order valence-corrected chi connectivity index (χ1v) is 16.7. The molecule has 2 aliphatic carbocycles. The highest BCUT2D eigenvalue weighted by Gasteiger charge is 2.63. The molecule has 4 aliphatic rings. The predicted molar refractivity (Wildman–Crippen MR) is 169 cm³/mol. The summed E-state index contributed by atoms with van der Waals surface area (Å²) >= 11 is 6.47. The van der Waals surface area contributed by atoms with Crippen LogP contribution >= 0.6 is 11.6 Å². The molecule has 3 aromatic carbocycles. The van der Waals surface area contributed by atoms with E-state index in [2.05, 4.69) is 0 Å². The van der Waals surface area contributed by atoms with Crippen LogP contribution in [0, 0.1) is 29.6 Å². The van der Waals surface area contributed by atoms with Crippen molar-refractivity contribution in [1.82, 2.24) is 0 Å². The molecule has 296 valence electrons. The van der Waals surface area contributed by atoms with Gasteiger partial charge in [-0.3, -0.25) is 19.2 Å².